The van der Waals surface area contributed by atoms with Gasteiger partial charge in [0, 0.05) is 18.8 Å². The number of hydrogen-bond donors (Lipinski definition) is 2. The number of anilines is 1. The summed E-state index contributed by atoms with van der Waals surface area (Å²) in [6.45, 7) is 0.572. The summed E-state index contributed by atoms with van der Waals surface area (Å²) >= 11 is 11.6. The van der Waals surface area contributed by atoms with E-state index in [0.29, 0.717) is 28.7 Å². The molecule has 1 aromatic rings. The summed E-state index contributed by atoms with van der Waals surface area (Å²) < 4.78 is 0. The Labute approximate surface area is 120 Å². The number of carbonyl (C=O) groups excluding carboxylic acids is 2. The van der Waals surface area contributed by atoms with E-state index < -0.39 is 17.9 Å². The molecule has 2 amide bonds. The summed E-state index contributed by atoms with van der Waals surface area (Å²) in [6.07, 6.45) is -0.0621. The predicted octanol–water partition coefficient (Wildman–Crippen LogP) is 1.53. The minimum Gasteiger partial charge on any atom is -0.391 e. The van der Waals surface area contributed by atoms with Crippen molar-refractivity contribution in [2.45, 2.75) is 12.5 Å². The smallest absolute Gasteiger partial charge is 0.313 e. The van der Waals surface area contributed by atoms with E-state index >= 15 is 0 Å². The molecule has 0 aliphatic carbocycles. The van der Waals surface area contributed by atoms with Gasteiger partial charge in [0.2, 0.25) is 0 Å². The van der Waals surface area contributed by atoms with Gasteiger partial charge in [-0.1, -0.05) is 23.2 Å². The number of amides is 2. The molecule has 0 saturated carbocycles. The highest BCUT2D eigenvalue weighted by Crippen LogP contribution is 2.25. The maximum atomic E-state index is 11.8. The summed E-state index contributed by atoms with van der Waals surface area (Å²) in [7, 11) is 0. The highest BCUT2D eigenvalue weighted by molar-refractivity contribution is 6.42. The molecule has 5 nitrogen and oxygen atoms in total. The van der Waals surface area contributed by atoms with Gasteiger partial charge in [-0.25, -0.2) is 0 Å². The largest absolute Gasteiger partial charge is 0.391 e. The summed E-state index contributed by atoms with van der Waals surface area (Å²) in [5, 5.41) is 12.4. The van der Waals surface area contributed by atoms with E-state index in [1.54, 1.807) is 6.07 Å². The van der Waals surface area contributed by atoms with Crippen LogP contribution < -0.4 is 5.32 Å². The molecule has 102 valence electrons. The van der Waals surface area contributed by atoms with E-state index in [-0.39, 0.29) is 6.54 Å². The van der Waals surface area contributed by atoms with Crippen molar-refractivity contribution in [3.05, 3.63) is 28.2 Å². The van der Waals surface area contributed by atoms with Crippen LogP contribution in [0.4, 0.5) is 5.69 Å². The van der Waals surface area contributed by atoms with Gasteiger partial charge in [-0.3, -0.25) is 9.59 Å². The molecule has 1 fully saturated rings. The Morgan fingerprint density at radius 2 is 2.05 bits per heavy atom. The lowest BCUT2D eigenvalue weighted by molar-refractivity contribution is -0.142. The second-order valence-corrected chi connectivity index (χ2v) is 5.09. The number of aliphatic hydroxyl groups excluding tert-OH is 1. The molecule has 1 aliphatic heterocycles. The molecule has 0 radical (unpaired) electrons. The molecule has 2 N–H and O–H groups in total. The van der Waals surface area contributed by atoms with Gasteiger partial charge in [0.1, 0.15) is 0 Å². The van der Waals surface area contributed by atoms with Crippen LogP contribution in [-0.4, -0.2) is 41.0 Å². The van der Waals surface area contributed by atoms with Crippen LogP contribution in [0.25, 0.3) is 0 Å². The first-order valence-electron chi connectivity index (χ1n) is 5.71. The molecule has 19 heavy (non-hydrogen) atoms. The molecule has 1 aromatic carbocycles. The van der Waals surface area contributed by atoms with E-state index in [1.807, 2.05) is 0 Å². The number of benzene rings is 1. The molecule has 0 bridgehead atoms. The second kappa shape index (κ2) is 5.77. The quantitative estimate of drug-likeness (QED) is 0.773. The van der Waals surface area contributed by atoms with Crippen LogP contribution in [0.1, 0.15) is 6.42 Å². The SMILES string of the molecule is O=C(Nc1ccc(Cl)c(Cl)c1)C(=O)N1CC[C@@H](O)C1. The maximum absolute atomic E-state index is 11.8. The van der Waals surface area contributed by atoms with E-state index in [4.69, 9.17) is 23.2 Å². The van der Waals surface area contributed by atoms with Gasteiger partial charge in [-0.15, -0.1) is 0 Å². The first-order valence-corrected chi connectivity index (χ1v) is 6.46. The Kier molecular flexibility index (Phi) is 4.29. The van der Waals surface area contributed by atoms with Gasteiger partial charge < -0.3 is 15.3 Å². The zero-order chi connectivity index (χ0) is 14.0. The van der Waals surface area contributed by atoms with Gasteiger partial charge >= 0.3 is 11.8 Å². The van der Waals surface area contributed by atoms with Crippen LogP contribution in [0, 0.1) is 0 Å². The number of rotatable bonds is 1. The van der Waals surface area contributed by atoms with Crippen molar-refractivity contribution >= 4 is 40.7 Å². The first-order chi connectivity index (χ1) is 8.97. The highest BCUT2D eigenvalue weighted by Gasteiger charge is 2.28. The van der Waals surface area contributed by atoms with Crippen LogP contribution in [0.5, 0.6) is 0 Å². The minimum atomic E-state index is -0.757. The summed E-state index contributed by atoms with van der Waals surface area (Å²) in [5.74, 6) is -1.42. The van der Waals surface area contributed by atoms with E-state index in [2.05, 4.69) is 5.32 Å². The summed E-state index contributed by atoms with van der Waals surface area (Å²) in [6, 6.07) is 4.55. The van der Waals surface area contributed by atoms with Crippen molar-refractivity contribution in [3.8, 4) is 0 Å². The van der Waals surface area contributed by atoms with Crippen LogP contribution >= 0.6 is 23.2 Å². The highest BCUT2D eigenvalue weighted by atomic mass is 35.5. The number of nitrogens with zero attached hydrogens (tertiary/aromatic N) is 1. The van der Waals surface area contributed by atoms with E-state index in [1.165, 1.54) is 17.0 Å². The molecule has 7 heteroatoms. The second-order valence-electron chi connectivity index (χ2n) is 4.28. The first kappa shape index (κ1) is 14.1. The van der Waals surface area contributed by atoms with Crippen molar-refractivity contribution in [1.29, 1.82) is 0 Å². The zero-order valence-corrected chi connectivity index (χ0v) is 11.4. The van der Waals surface area contributed by atoms with Crippen LogP contribution in [0.3, 0.4) is 0 Å². The molecule has 1 aliphatic rings. The van der Waals surface area contributed by atoms with Crippen molar-refractivity contribution in [3.63, 3.8) is 0 Å². The molecular weight excluding hydrogens is 291 g/mol. The summed E-state index contributed by atoms with van der Waals surface area (Å²) in [5.41, 5.74) is 0.396. The van der Waals surface area contributed by atoms with E-state index in [0.717, 1.165) is 0 Å². The van der Waals surface area contributed by atoms with Crippen molar-refractivity contribution < 1.29 is 14.7 Å². The van der Waals surface area contributed by atoms with Crippen LogP contribution in [0.15, 0.2) is 18.2 Å². The fourth-order valence-electron chi connectivity index (χ4n) is 1.83. The number of hydrogen-bond acceptors (Lipinski definition) is 3. The van der Waals surface area contributed by atoms with Crippen LogP contribution in [-0.2, 0) is 9.59 Å². The van der Waals surface area contributed by atoms with E-state index in [9.17, 15) is 14.7 Å². The number of likely N-dealkylation sites (tertiary alicyclic amines) is 1. The van der Waals surface area contributed by atoms with Gasteiger partial charge in [0.05, 0.1) is 16.1 Å². The lowest BCUT2D eigenvalue weighted by Crippen LogP contribution is -2.38. The maximum Gasteiger partial charge on any atom is 0.313 e. The topological polar surface area (TPSA) is 69.6 Å². The number of halogens is 2. The number of β-amino-alcohol motifs (C(OH)–C–C–N with tert-alkyl or cyclic N) is 1. The lowest BCUT2D eigenvalue weighted by Gasteiger charge is -2.14. The molecule has 0 unspecified atom stereocenters. The normalized spacial score (nSPS) is 18.5. The van der Waals surface area contributed by atoms with Crippen molar-refractivity contribution in [2.75, 3.05) is 18.4 Å². The lowest BCUT2D eigenvalue weighted by atomic mass is 10.3. The standard InChI is InChI=1S/C12H12Cl2N2O3/c13-9-2-1-7(5-10(9)14)15-11(18)12(19)16-4-3-8(17)6-16/h1-2,5,8,17H,3-4,6H2,(H,15,18)/t8-/m1/s1. The monoisotopic (exact) mass is 302 g/mol. The third kappa shape index (κ3) is 3.37. The Balaban J connectivity index is 2.00. The Morgan fingerprint density at radius 3 is 2.63 bits per heavy atom. The fraction of sp³-hybridized carbons (Fsp3) is 0.333. The molecule has 1 atom stereocenters. The summed E-state index contributed by atoms with van der Waals surface area (Å²) in [4.78, 5) is 24.9. The average molecular weight is 303 g/mol. The minimum absolute atomic E-state index is 0.188. The number of nitrogens with one attached hydrogen (secondary N) is 1. The molecular formula is C12H12Cl2N2O3. The van der Waals surface area contributed by atoms with Crippen molar-refractivity contribution in [1.82, 2.24) is 4.90 Å². The molecule has 2 rings (SSSR count). The fourth-order valence-corrected chi connectivity index (χ4v) is 2.13. The number of aliphatic hydroxyl groups is 1. The van der Waals surface area contributed by atoms with Gasteiger partial charge in [0.25, 0.3) is 0 Å². The van der Waals surface area contributed by atoms with Gasteiger partial charge in [-0.2, -0.15) is 0 Å². The number of carbonyl (C=O) groups is 2. The molecule has 0 spiro atoms. The molecule has 0 aromatic heterocycles. The van der Waals surface area contributed by atoms with Gasteiger partial charge in [-0.05, 0) is 24.6 Å². The Bertz CT molecular complexity index is 522. The Hall–Kier alpha value is -1.30. The van der Waals surface area contributed by atoms with Crippen molar-refractivity contribution in [2.24, 2.45) is 0 Å². The third-order valence-corrected chi connectivity index (χ3v) is 3.56. The zero-order valence-electron chi connectivity index (χ0n) is 9.90. The Morgan fingerprint density at radius 1 is 1.32 bits per heavy atom. The average Bonchev–Trinajstić information content (AvgIpc) is 2.79. The third-order valence-electron chi connectivity index (χ3n) is 2.82. The predicted molar refractivity (Wildman–Crippen MR) is 72.3 cm³/mol. The van der Waals surface area contributed by atoms with Gasteiger partial charge in [0.15, 0.2) is 0 Å². The van der Waals surface area contributed by atoms with Crippen LogP contribution in [0.2, 0.25) is 10.0 Å². The molecule has 1 saturated heterocycles. The molecule has 1 heterocycles.